The number of hydrogen-bond acceptors (Lipinski definition) is 4. The summed E-state index contributed by atoms with van der Waals surface area (Å²) in [7, 11) is 0. The van der Waals surface area contributed by atoms with E-state index in [-0.39, 0.29) is 0 Å². The predicted octanol–water partition coefficient (Wildman–Crippen LogP) is 5.27. The van der Waals surface area contributed by atoms with Gasteiger partial charge in [-0.15, -0.1) is 0 Å². The van der Waals surface area contributed by atoms with Crippen molar-refractivity contribution in [2.24, 2.45) is 10.7 Å². The van der Waals surface area contributed by atoms with Gasteiger partial charge in [0.2, 0.25) is 0 Å². The van der Waals surface area contributed by atoms with E-state index in [2.05, 4.69) is 16.6 Å². The maximum absolute atomic E-state index is 6.22. The number of pyridine rings is 1. The van der Waals surface area contributed by atoms with Crippen LogP contribution in [0.5, 0.6) is 0 Å². The number of rotatable bonds is 4. The Bertz CT molecular complexity index is 926. The lowest BCUT2D eigenvalue weighted by atomic mass is 10.1. The lowest BCUT2D eigenvalue weighted by Gasteiger charge is -2.08. The van der Waals surface area contributed by atoms with Crippen LogP contribution in [0.2, 0.25) is 5.02 Å². The van der Waals surface area contributed by atoms with Crippen LogP contribution in [0.3, 0.4) is 0 Å². The van der Waals surface area contributed by atoms with Crippen molar-refractivity contribution in [3.8, 4) is 0 Å². The quantitative estimate of drug-likeness (QED) is 0.803. The van der Waals surface area contributed by atoms with Gasteiger partial charge in [-0.3, -0.25) is 0 Å². The first kappa shape index (κ1) is 17.3. The Morgan fingerprint density at radius 3 is 2.72 bits per heavy atom. The highest BCUT2D eigenvalue weighted by molar-refractivity contribution is 7.99. The Balaban J connectivity index is 1.84. The van der Waals surface area contributed by atoms with Gasteiger partial charge in [0.15, 0.2) is 0 Å². The molecule has 3 rings (SSSR count). The van der Waals surface area contributed by atoms with Crippen molar-refractivity contribution in [3.05, 3.63) is 95.8 Å². The van der Waals surface area contributed by atoms with Crippen LogP contribution in [0.15, 0.2) is 100 Å². The van der Waals surface area contributed by atoms with Gasteiger partial charge in [-0.05, 0) is 30.3 Å². The first-order chi connectivity index (χ1) is 12.2. The van der Waals surface area contributed by atoms with Crippen molar-refractivity contribution in [1.29, 1.82) is 0 Å². The number of nitrogens with two attached hydrogens (primary N) is 1. The minimum absolute atomic E-state index is 0.580. The number of nitrogens with zero attached hydrogens (tertiary/aromatic N) is 2. The molecule has 1 aromatic heterocycles. The molecule has 2 N–H and O–H groups in total. The third-order valence-electron chi connectivity index (χ3n) is 3.44. The monoisotopic (exact) mass is 365 g/mol. The lowest BCUT2D eigenvalue weighted by molar-refractivity contribution is 1.10. The summed E-state index contributed by atoms with van der Waals surface area (Å²) in [6, 6.07) is 13.4. The normalized spacial score (nSPS) is 16.5. The van der Waals surface area contributed by atoms with Gasteiger partial charge in [-0.25, -0.2) is 9.98 Å². The Labute approximate surface area is 156 Å². The molecule has 0 radical (unpaired) electrons. The van der Waals surface area contributed by atoms with Crippen molar-refractivity contribution in [3.63, 3.8) is 0 Å². The highest BCUT2D eigenvalue weighted by Crippen LogP contribution is 2.32. The molecule has 0 atom stereocenters. The number of allylic oxidation sites excluding steroid dienone is 5. The van der Waals surface area contributed by atoms with Crippen molar-refractivity contribution >= 4 is 34.8 Å². The van der Waals surface area contributed by atoms with Crippen molar-refractivity contribution in [2.75, 3.05) is 0 Å². The van der Waals surface area contributed by atoms with Gasteiger partial charge in [0.05, 0.1) is 22.1 Å². The molecule has 1 heterocycles. The molecule has 0 saturated carbocycles. The molecule has 0 fully saturated rings. The van der Waals surface area contributed by atoms with Gasteiger partial charge in [0.1, 0.15) is 5.03 Å². The summed E-state index contributed by atoms with van der Waals surface area (Å²) in [5.41, 5.74) is 8.55. The molecule has 0 spiro atoms. The predicted molar refractivity (Wildman–Crippen MR) is 107 cm³/mol. The molecule has 5 heteroatoms. The smallest absolute Gasteiger partial charge is 0.102 e. The van der Waals surface area contributed by atoms with Gasteiger partial charge in [-0.2, -0.15) is 0 Å². The molecule has 1 aliphatic carbocycles. The van der Waals surface area contributed by atoms with Crippen molar-refractivity contribution in [2.45, 2.75) is 9.92 Å². The van der Waals surface area contributed by atoms with E-state index in [1.807, 2.05) is 66.8 Å². The van der Waals surface area contributed by atoms with E-state index in [4.69, 9.17) is 17.3 Å². The summed E-state index contributed by atoms with van der Waals surface area (Å²) in [6.45, 7) is 4.04. The number of halogens is 1. The standard InChI is InChI=1S/C20H16ClN3S/c1-14(23-18-9-4-2-7-15(18)13-22)17-10-6-12-20(24-17)25-19-11-5-3-8-16(19)21/h2-13H,1,22H2/b15-13-,23-18-. The zero-order chi connectivity index (χ0) is 17.6. The Morgan fingerprint density at radius 2 is 1.92 bits per heavy atom. The Hall–Kier alpha value is -2.56. The maximum atomic E-state index is 6.22. The summed E-state index contributed by atoms with van der Waals surface area (Å²) < 4.78 is 0. The van der Waals surface area contributed by atoms with Crippen molar-refractivity contribution in [1.82, 2.24) is 4.98 Å². The van der Waals surface area contributed by atoms with Gasteiger partial charge >= 0.3 is 0 Å². The second-order valence-corrected chi connectivity index (χ2v) is 6.65. The van der Waals surface area contributed by atoms with Crippen LogP contribution >= 0.6 is 23.4 Å². The van der Waals surface area contributed by atoms with Crippen LogP contribution in [0.25, 0.3) is 5.70 Å². The average molecular weight is 366 g/mol. The first-order valence-electron chi connectivity index (χ1n) is 7.62. The van der Waals surface area contributed by atoms with E-state index in [9.17, 15) is 0 Å². The third-order valence-corrected chi connectivity index (χ3v) is 4.90. The third kappa shape index (κ3) is 4.29. The minimum Gasteiger partial charge on any atom is -0.404 e. The van der Waals surface area contributed by atoms with Gasteiger partial charge in [0, 0.05) is 16.7 Å². The minimum atomic E-state index is 0.580. The van der Waals surface area contributed by atoms with Crippen LogP contribution in [-0.2, 0) is 0 Å². The molecular formula is C20H16ClN3S. The molecule has 0 aliphatic heterocycles. The fourth-order valence-corrected chi connectivity index (χ4v) is 3.29. The number of aliphatic imine (C=N–C) groups is 1. The van der Waals surface area contributed by atoms with E-state index in [1.54, 1.807) is 0 Å². The lowest BCUT2D eigenvalue weighted by Crippen LogP contribution is -2.03. The topological polar surface area (TPSA) is 51.3 Å². The fraction of sp³-hybridized carbons (Fsp3) is 0. The zero-order valence-corrected chi connectivity index (χ0v) is 15.0. The molecule has 124 valence electrons. The summed E-state index contributed by atoms with van der Waals surface area (Å²) in [5, 5.41) is 1.54. The average Bonchev–Trinajstić information content (AvgIpc) is 2.64. The fourth-order valence-electron chi connectivity index (χ4n) is 2.21. The number of benzene rings is 1. The van der Waals surface area contributed by atoms with Crippen molar-refractivity contribution < 1.29 is 0 Å². The summed E-state index contributed by atoms with van der Waals surface area (Å²) in [5.74, 6) is 0. The van der Waals surface area contributed by atoms with E-state index in [0.29, 0.717) is 16.4 Å². The van der Waals surface area contributed by atoms with Crippen LogP contribution < -0.4 is 5.73 Å². The van der Waals surface area contributed by atoms with Gasteiger partial charge in [0.25, 0.3) is 0 Å². The summed E-state index contributed by atoms with van der Waals surface area (Å²) in [6.07, 6.45) is 9.16. The summed E-state index contributed by atoms with van der Waals surface area (Å²) in [4.78, 5) is 10.2. The molecule has 0 saturated heterocycles. The van der Waals surface area contributed by atoms with Crippen LogP contribution in [0, 0.1) is 0 Å². The molecule has 0 bridgehead atoms. The molecule has 0 amide bonds. The molecule has 3 nitrogen and oxygen atoms in total. The highest BCUT2D eigenvalue weighted by atomic mass is 35.5. The maximum Gasteiger partial charge on any atom is 0.102 e. The molecule has 25 heavy (non-hydrogen) atoms. The van der Waals surface area contributed by atoms with E-state index in [1.165, 1.54) is 18.0 Å². The van der Waals surface area contributed by atoms with E-state index >= 15 is 0 Å². The molecule has 2 aromatic rings. The second kappa shape index (κ2) is 8.01. The molecule has 1 aliphatic rings. The molecular weight excluding hydrogens is 350 g/mol. The number of hydrogen-bond donors (Lipinski definition) is 1. The highest BCUT2D eigenvalue weighted by Gasteiger charge is 2.08. The second-order valence-electron chi connectivity index (χ2n) is 5.18. The van der Waals surface area contributed by atoms with E-state index in [0.717, 1.165) is 21.2 Å². The number of aromatic nitrogens is 1. The SMILES string of the molecule is C=C(/N=C1/C=CC=C/C1=C/N)c1cccc(Sc2ccccc2Cl)n1. The van der Waals surface area contributed by atoms with Crippen LogP contribution in [-0.4, -0.2) is 10.7 Å². The summed E-state index contributed by atoms with van der Waals surface area (Å²) >= 11 is 7.72. The van der Waals surface area contributed by atoms with Gasteiger partial charge < -0.3 is 5.73 Å². The Morgan fingerprint density at radius 1 is 1.12 bits per heavy atom. The van der Waals surface area contributed by atoms with Crippen LogP contribution in [0.1, 0.15) is 5.69 Å². The zero-order valence-electron chi connectivity index (χ0n) is 13.4. The Kier molecular flexibility index (Phi) is 5.53. The molecule has 0 unspecified atom stereocenters. The van der Waals surface area contributed by atoms with Gasteiger partial charge in [-0.1, -0.05) is 66.4 Å². The van der Waals surface area contributed by atoms with E-state index < -0.39 is 0 Å². The van der Waals surface area contributed by atoms with Crippen LogP contribution in [0.4, 0.5) is 0 Å². The first-order valence-corrected chi connectivity index (χ1v) is 8.81. The molecule has 1 aromatic carbocycles. The largest absolute Gasteiger partial charge is 0.404 e.